The molecule has 0 aromatic heterocycles. The van der Waals surface area contributed by atoms with Crippen molar-refractivity contribution in [3.8, 4) is 11.1 Å². The van der Waals surface area contributed by atoms with Crippen molar-refractivity contribution in [2.24, 2.45) is 5.92 Å². The molecule has 1 amide bonds. The Balaban J connectivity index is 1.52. The number of carboxylic acid groups (broad SMARTS) is 1. The molecular formula is C23H27NO4. The molecule has 0 heterocycles. The maximum Gasteiger partial charge on any atom is 0.407 e. The quantitative estimate of drug-likeness (QED) is 0.688. The van der Waals surface area contributed by atoms with Crippen molar-refractivity contribution in [3.05, 3.63) is 59.7 Å². The molecular weight excluding hydrogens is 354 g/mol. The first-order chi connectivity index (χ1) is 13.5. The second kappa shape index (κ2) is 8.91. The number of hydrogen-bond acceptors (Lipinski definition) is 3. The zero-order valence-corrected chi connectivity index (χ0v) is 16.4. The van der Waals surface area contributed by atoms with E-state index in [1.54, 1.807) is 6.92 Å². The van der Waals surface area contributed by atoms with Gasteiger partial charge in [0.1, 0.15) is 6.61 Å². The molecule has 0 fully saturated rings. The lowest BCUT2D eigenvalue weighted by molar-refractivity contribution is -0.141. The van der Waals surface area contributed by atoms with Gasteiger partial charge in [0.25, 0.3) is 0 Å². The van der Waals surface area contributed by atoms with E-state index in [0.717, 1.165) is 12.8 Å². The van der Waals surface area contributed by atoms with Crippen LogP contribution in [0.3, 0.4) is 0 Å². The van der Waals surface area contributed by atoms with Crippen LogP contribution in [0.4, 0.5) is 4.79 Å². The van der Waals surface area contributed by atoms with Gasteiger partial charge in [-0.1, -0.05) is 61.9 Å². The van der Waals surface area contributed by atoms with Gasteiger partial charge in [-0.05, 0) is 42.0 Å². The Hall–Kier alpha value is -2.82. The summed E-state index contributed by atoms with van der Waals surface area (Å²) in [4.78, 5) is 23.1. The van der Waals surface area contributed by atoms with Crippen molar-refractivity contribution in [1.82, 2.24) is 5.32 Å². The summed E-state index contributed by atoms with van der Waals surface area (Å²) in [6.07, 6.45) is 1.65. The third kappa shape index (κ3) is 4.53. The fourth-order valence-electron chi connectivity index (χ4n) is 3.77. The molecule has 0 radical (unpaired) electrons. The van der Waals surface area contributed by atoms with Crippen LogP contribution in [0.15, 0.2) is 48.5 Å². The van der Waals surface area contributed by atoms with Crippen LogP contribution in [0.1, 0.15) is 50.2 Å². The number of rotatable bonds is 8. The SMILES string of the molecule is CC(CCCC(C)C(=O)O)NC(=O)OCC1c2ccccc2-c2ccccc21. The summed E-state index contributed by atoms with van der Waals surface area (Å²) in [5, 5.41) is 11.8. The topological polar surface area (TPSA) is 75.6 Å². The monoisotopic (exact) mass is 381 g/mol. The molecule has 2 aromatic carbocycles. The van der Waals surface area contributed by atoms with Crippen molar-refractivity contribution in [3.63, 3.8) is 0 Å². The average molecular weight is 381 g/mol. The van der Waals surface area contributed by atoms with Crippen molar-refractivity contribution >= 4 is 12.1 Å². The van der Waals surface area contributed by atoms with E-state index in [4.69, 9.17) is 9.84 Å². The maximum absolute atomic E-state index is 12.2. The van der Waals surface area contributed by atoms with E-state index in [1.807, 2.05) is 31.2 Å². The zero-order valence-electron chi connectivity index (χ0n) is 16.4. The third-order valence-corrected chi connectivity index (χ3v) is 5.40. The summed E-state index contributed by atoms with van der Waals surface area (Å²) >= 11 is 0. The van der Waals surface area contributed by atoms with E-state index in [0.29, 0.717) is 13.0 Å². The largest absolute Gasteiger partial charge is 0.481 e. The number of alkyl carbamates (subject to hydrolysis) is 1. The number of ether oxygens (including phenoxy) is 1. The highest BCUT2D eigenvalue weighted by atomic mass is 16.5. The first-order valence-electron chi connectivity index (χ1n) is 9.81. The van der Waals surface area contributed by atoms with Gasteiger partial charge in [0.2, 0.25) is 0 Å². The van der Waals surface area contributed by atoms with E-state index in [1.165, 1.54) is 22.3 Å². The molecule has 5 heteroatoms. The molecule has 0 bridgehead atoms. The van der Waals surface area contributed by atoms with Crippen molar-refractivity contribution in [2.45, 2.75) is 45.1 Å². The van der Waals surface area contributed by atoms with Crippen molar-refractivity contribution in [2.75, 3.05) is 6.61 Å². The van der Waals surface area contributed by atoms with Gasteiger partial charge in [0, 0.05) is 12.0 Å². The lowest BCUT2D eigenvalue weighted by Gasteiger charge is -2.17. The minimum absolute atomic E-state index is 0.0462. The minimum Gasteiger partial charge on any atom is -0.481 e. The van der Waals surface area contributed by atoms with Crippen LogP contribution < -0.4 is 5.32 Å². The molecule has 0 aliphatic heterocycles. The standard InChI is InChI=1S/C23H27NO4/c1-15(22(25)26)8-7-9-16(2)24-23(27)28-14-21-19-12-5-3-10-17(19)18-11-4-6-13-20(18)21/h3-6,10-13,15-16,21H,7-9,14H2,1-2H3,(H,24,27)(H,25,26). The molecule has 1 aliphatic carbocycles. The summed E-state index contributed by atoms with van der Waals surface area (Å²) in [6.45, 7) is 3.90. The van der Waals surface area contributed by atoms with E-state index in [-0.39, 0.29) is 17.9 Å². The number of benzene rings is 2. The first-order valence-corrected chi connectivity index (χ1v) is 9.81. The average Bonchev–Trinajstić information content (AvgIpc) is 3.00. The molecule has 2 unspecified atom stereocenters. The number of carboxylic acids is 1. The first kappa shape index (κ1) is 19.9. The number of carbonyl (C=O) groups is 2. The Bertz CT molecular complexity index is 803. The molecule has 0 saturated carbocycles. The van der Waals surface area contributed by atoms with Gasteiger partial charge in [-0.25, -0.2) is 4.79 Å². The summed E-state index contributed by atoms with van der Waals surface area (Å²) in [6, 6.07) is 16.4. The number of aliphatic carboxylic acids is 1. The van der Waals surface area contributed by atoms with E-state index in [2.05, 4.69) is 29.6 Å². The molecule has 148 valence electrons. The number of nitrogens with one attached hydrogen (secondary N) is 1. The van der Waals surface area contributed by atoms with Gasteiger partial charge in [-0.15, -0.1) is 0 Å². The lowest BCUT2D eigenvalue weighted by atomic mass is 9.98. The van der Waals surface area contributed by atoms with Crippen LogP contribution in [0.25, 0.3) is 11.1 Å². The fraction of sp³-hybridized carbons (Fsp3) is 0.391. The number of amides is 1. The Morgan fingerprint density at radius 2 is 1.57 bits per heavy atom. The Morgan fingerprint density at radius 3 is 2.14 bits per heavy atom. The van der Waals surface area contributed by atoms with Crippen LogP contribution in [0.5, 0.6) is 0 Å². The molecule has 0 spiro atoms. The fourth-order valence-corrected chi connectivity index (χ4v) is 3.77. The number of hydrogen-bond donors (Lipinski definition) is 2. The third-order valence-electron chi connectivity index (χ3n) is 5.40. The smallest absolute Gasteiger partial charge is 0.407 e. The van der Waals surface area contributed by atoms with Crippen LogP contribution in [-0.4, -0.2) is 29.8 Å². The van der Waals surface area contributed by atoms with Crippen LogP contribution in [0, 0.1) is 5.92 Å². The molecule has 28 heavy (non-hydrogen) atoms. The maximum atomic E-state index is 12.2. The normalized spacial score (nSPS) is 14.6. The molecule has 2 N–H and O–H groups in total. The van der Waals surface area contributed by atoms with Crippen LogP contribution in [0.2, 0.25) is 0 Å². The van der Waals surface area contributed by atoms with Gasteiger partial charge in [-0.3, -0.25) is 4.79 Å². The highest BCUT2D eigenvalue weighted by Crippen LogP contribution is 2.44. The molecule has 5 nitrogen and oxygen atoms in total. The minimum atomic E-state index is -0.780. The Kier molecular flexibility index (Phi) is 6.34. The predicted octanol–water partition coefficient (Wildman–Crippen LogP) is 4.80. The summed E-state index contributed by atoms with van der Waals surface area (Å²) < 4.78 is 5.53. The van der Waals surface area contributed by atoms with E-state index in [9.17, 15) is 9.59 Å². The van der Waals surface area contributed by atoms with Crippen LogP contribution >= 0.6 is 0 Å². The van der Waals surface area contributed by atoms with Crippen LogP contribution in [-0.2, 0) is 9.53 Å². The molecule has 2 aromatic rings. The van der Waals surface area contributed by atoms with E-state index >= 15 is 0 Å². The summed E-state index contributed by atoms with van der Waals surface area (Å²) in [5.41, 5.74) is 4.78. The van der Waals surface area contributed by atoms with Crippen molar-refractivity contribution < 1.29 is 19.4 Å². The van der Waals surface area contributed by atoms with Gasteiger partial charge in [0.15, 0.2) is 0 Å². The zero-order chi connectivity index (χ0) is 20.1. The second-order valence-electron chi connectivity index (χ2n) is 7.54. The molecule has 0 saturated heterocycles. The van der Waals surface area contributed by atoms with Gasteiger partial charge >= 0.3 is 12.1 Å². The second-order valence-corrected chi connectivity index (χ2v) is 7.54. The lowest BCUT2D eigenvalue weighted by Crippen LogP contribution is -2.34. The highest BCUT2D eigenvalue weighted by Gasteiger charge is 2.29. The summed E-state index contributed by atoms with van der Waals surface area (Å²) in [7, 11) is 0. The molecule has 1 aliphatic rings. The van der Waals surface area contributed by atoms with Crippen molar-refractivity contribution in [1.29, 1.82) is 0 Å². The molecule has 3 rings (SSSR count). The molecule has 2 atom stereocenters. The van der Waals surface area contributed by atoms with Gasteiger partial charge < -0.3 is 15.2 Å². The Morgan fingerprint density at radius 1 is 1.00 bits per heavy atom. The van der Waals surface area contributed by atoms with Gasteiger partial charge in [-0.2, -0.15) is 0 Å². The number of fused-ring (bicyclic) bond motifs is 3. The van der Waals surface area contributed by atoms with E-state index < -0.39 is 12.1 Å². The highest BCUT2D eigenvalue weighted by molar-refractivity contribution is 5.79. The predicted molar refractivity (Wildman–Crippen MR) is 108 cm³/mol. The van der Waals surface area contributed by atoms with Gasteiger partial charge in [0.05, 0.1) is 5.92 Å². The number of carbonyl (C=O) groups excluding carboxylic acids is 1. The summed E-state index contributed by atoms with van der Waals surface area (Å²) in [5.74, 6) is -1.09. The Labute approximate surface area is 165 Å².